The van der Waals surface area contributed by atoms with Gasteiger partial charge in [-0.25, -0.2) is 4.79 Å². The summed E-state index contributed by atoms with van der Waals surface area (Å²) in [6.45, 7) is 3.09. The molecule has 0 saturated carbocycles. The Kier molecular flexibility index (Phi) is 5.86. The van der Waals surface area contributed by atoms with Crippen molar-refractivity contribution in [3.8, 4) is 0 Å². The van der Waals surface area contributed by atoms with Crippen molar-refractivity contribution < 1.29 is 19.1 Å². The molecule has 2 amide bonds. The molecule has 0 radical (unpaired) electrons. The number of ether oxygens (including phenoxy) is 1. The number of esters is 1. The highest BCUT2D eigenvalue weighted by molar-refractivity contribution is 8.00. The van der Waals surface area contributed by atoms with Gasteiger partial charge in [0.1, 0.15) is 10.9 Å². The van der Waals surface area contributed by atoms with Crippen LogP contribution in [-0.2, 0) is 24.0 Å². The zero-order valence-electron chi connectivity index (χ0n) is 16.8. The lowest BCUT2D eigenvalue weighted by molar-refractivity contribution is -0.164. The van der Waals surface area contributed by atoms with E-state index in [9.17, 15) is 14.4 Å². The molecule has 1 aromatic rings. The average Bonchev–Trinajstić information content (AvgIpc) is 3.15. The Morgan fingerprint density at radius 2 is 1.83 bits per heavy atom. The van der Waals surface area contributed by atoms with Crippen molar-refractivity contribution in [2.75, 3.05) is 18.8 Å². The minimum Gasteiger partial charge on any atom is -0.451 e. The van der Waals surface area contributed by atoms with Gasteiger partial charge in [-0.3, -0.25) is 9.59 Å². The molecule has 1 aromatic carbocycles. The van der Waals surface area contributed by atoms with Gasteiger partial charge in [0.2, 0.25) is 5.91 Å². The first kappa shape index (κ1) is 20.3. The number of likely N-dealkylation sites (tertiary alicyclic amines) is 1. The molecule has 3 saturated heterocycles. The normalized spacial score (nSPS) is 28.0. The Morgan fingerprint density at radius 1 is 1.14 bits per heavy atom. The summed E-state index contributed by atoms with van der Waals surface area (Å²) < 4.78 is 5.59. The summed E-state index contributed by atoms with van der Waals surface area (Å²) in [5, 5.41) is 0. The Labute approximate surface area is 175 Å². The maximum atomic E-state index is 13.0. The zero-order valence-corrected chi connectivity index (χ0v) is 17.7. The molecule has 29 heavy (non-hydrogen) atoms. The third-order valence-electron chi connectivity index (χ3n) is 6.18. The van der Waals surface area contributed by atoms with Crippen LogP contribution in [0.5, 0.6) is 0 Å². The van der Waals surface area contributed by atoms with E-state index < -0.39 is 23.0 Å². The summed E-state index contributed by atoms with van der Waals surface area (Å²) in [5.74, 6) is -0.133. The van der Waals surface area contributed by atoms with Crippen LogP contribution < -0.4 is 0 Å². The SMILES string of the molecule is C[C@@H](OC(=O)[C@@H]1CS[C@@]2(c3ccccc3)CCC(=O)N12)C(=O)N1CCCCCC1. The largest absolute Gasteiger partial charge is 0.451 e. The van der Waals surface area contributed by atoms with Crippen LogP contribution in [-0.4, -0.2) is 58.6 Å². The molecule has 3 heterocycles. The number of carbonyl (C=O) groups excluding carboxylic acids is 3. The van der Waals surface area contributed by atoms with E-state index in [2.05, 4.69) is 0 Å². The second kappa shape index (κ2) is 8.38. The Morgan fingerprint density at radius 3 is 2.52 bits per heavy atom. The monoisotopic (exact) mass is 416 g/mol. The number of carbonyl (C=O) groups is 3. The maximum absolute atomic E-state index is 13.0. The van der Waals surface area contributed by atoms with Crippen molar-refractivity contribution in [3.05, 3.63) is 35.9 Å². The number of hydrogen-bond donors (Lipinski definition) is 0. The lowest BCUT2D eigenvalue weighted by Gasteiger charge is -2.34. The third-order valence-corrected chi connectivity index (χ3v) is 7.78. The number of thioether (sulfide) groups is 1. The lowest BCUT2D eigenvalue weighted by atomic mass is 10.0. The van der Waals surface area contributed by atoms with Gasteiger partial charge in [-0.05, 0) is 31.7 Å². The van der Waals surface area contributed by atoms with E-state index >= 15 is 0 Å². The van der Waals surface area contributed by atoms with Crippen molar-refractivity contribution in [1.29, 1.82) is 0 Å². The maximum Gasteiger partial charge on any atom is 0.330 e. The van der Waals surface area contributed by atoms with Crippen molar-refractivity contribution in [1.82, 2.24) is 9.80 Å². The fraction of sp³-hybridized carbons (Fsp3) is 0.591. The molecule has 6 nitrogen and oxygen atoms in total. The van der Waals surface area contributed by atoms with E-state index in [1.54, 1.807) is 23.6 Å². The predicted octanol–water partition coefficient (Wildman–Crippen LogP) is 2.91. The predicted molar refractivity (Wildman–Crippen MR) is 111 cm³/mol. The van der Waals surface area contributed by atoms with E-state index in [0.717, 1.165) is 44.3 Å². The second-order valence-electron chi connectivity index (χ2n) is 8.06. The molecule has 7 heteroatoms. The van der Waals surface area contributed by atoms with E-state index in [1.165, 1.54) is 0 Å². The van der Waals surface area contributed by atoms with Crippen LogP contribution in [0.15, 0.2) is 30.3 Å². The van der Waals surface area contributed by atoms with Gasteiger partial charge in [-0.1, -0.05) is 43.2 Å². The van der Waals surface area contributed by atoms with Crippen molar-refractivity contribution in [2.45, 2.75) is 62.5 Å². The summed E-state index contributed by atoms with van der Waals surface area (Å²) in [7, 11) is 0. The van der Waals surface area contributed by atoms with Crippen molar-refractivity contribution in [3.63, 3.8) is 0 Å². The first-order valence-corrected chi connectivity index (χ1v) is 11.5. The molecule has 156 valence electrons. The second-order valence-corrected chi connectivity index (χ2v) is 9.36. The van der Waals surface area contributed by atoms with E-state index in [-0.39, 0.29) is 11.8 Å². The molecular formula is C22H28N2O4S. The van der Waals surface area contributed by atoms with Crippen LogP contribution >= 0.6 is 11.8 Å². The van der Waals surface area contributed by atoms with Gasteiger partial charge in [0, 0.05) is 25.3 Å². The van der Waals surface area contributed by atoms with Gasteiger partial charge in [-0.15, -0.1) is 11.8 Å². The fourth-order valence-corrected chi connectivity index (χ4v) is 6.30. The molecular weight excluding hydrogens is 388 g/mol. The van der Waals surface area contributed by atoms with Crippen LogP contribution in [0.2, 0.25) is 0 Å². The van der Waals surface area contributed by atoms with Crippen molar-refractivity contribution in [2.24, 2.45) is 0 Å². The number of hydrogen-bond acceptors (Lipinski definition) is 5. The van der Waals surface area contributed by atoms with Gasteiger partial charge in [0.15, 0.2) is 6.10 Å². The molecule has 0 aliphatic carbocycles. The molecule has 4 rings (SSSR count). The number of fused-ring (bicyclic) bond motifs is 1. The number of benzene rings is 1. The molecule has 0 bridgehead atoms. The molecule has 0 aromatic heterocycles. The Balaban J connectivity index is 1.46. The summed E-state index contributed by atoms with van der Waals surface area (Å²) in [6, 6.07) is 9.24. The van der Waals surface area contributed by atoms with E-state index in [0.29, 0.717) is 18.6 Å². The summed E-state index contributed by atoms with van der Waals surface area (Å²) >= 11 is 1.63. The molecule has 0 N–H and O–H groups in total. The van der Waals surface area contributed by atoms with Crippen LogP contribution in [0.3, 0.4) is 0 Å². The molecule has 3 fully saturated rings. The zero-order chi connectivity index (χ0) is 20.4. The molecule has 3 atom stereocenters. The quantitative estimate of drug-likeness (QED) is 0.706. The molecule has 3 aliphatic rings. The smallest absolute Gasteiger partial charge is 0.330 e. The first-order valence-electron chi connectivity index (χ1n) is 10.5. The highest BCUT2D eigenvalue weighted by Gasteiger charge is 2.57. The Hall–Kier alpha value is -2.02. The molecule has 0 spiro atoms. The number of nitrogens with zero attached hydrogens (tertiary/aromatic N) is 2. The summed E-state index contributed by atoms with van der Waals surface area (Å²) in [4.78, 5) is 41.4. The fourth-order valence-electron chi connectivity index (χ4n) is 4.67. The van der Waals surface area contributed by atoms with Gasteiger partial charge >= 0.3 is 5.97 Å². The summed E-state index contributed by atoms with van der Waals surface area (Å²) in [6.07, 6.45) is 4.54. The van der Waals surface area contributed by atoms with Crippen LogP contribution in [0.4, 0.5) is 0 Å². The summed E-state index contributed by atoms with van der Waals surface area (Å²) in [5.41, 5.74) is 1.04. The topological polar surface area (TPSA) is 66.9 Å². The average molecular weight is 417 g/mol. The van der Waals surface area contributed by atoms with Crippen molar-refractivity contribution >= 4 is 29.5 Å². The van der Waals surface area contributed by atoms with Gasteiger partial charge in [0.25, 0.3) is 5.91 Å². The van der Waals surface area contributed by atoms with Crippen LogP contribution in [0.1, 0.15) is 51.0 Å². The first-order chi connectivity index (χ1) is 14.0. The lowest BCUT2D eigenvalue weighted by Crippen LogP contribution is -2.48. The number of rotatable bonds is 4. The van der Waals surface area contributed by atoms with Gasteiger partial charge in [-0.2, -0.15) is 0 Å². The standard InChI is InChI=1S/C22H28N2O4S/c1-16(20(26)23-13-7-2-3-8-14-23)28-21(27)18-15-29-22(12-11-19(25)24(18)22)17-9-5-4-6-10-17/h4-6,9-10,16,18H,2-3,7-8,11-15H2,1H3/t16-,18+,22-/m1/s1. The minimum absolute atomic E-state index is 0.0210. The third kappa shape index (κ3) is 3.77. The van der Waals surface area contributed by atoms with E-state index in [1.807, 2.05) is 35.2 Å². The molecule has 3 aliphatic heterocycles. The highest BCUT2D eigenvalue weighted by atomic mass is 32.2. The Bertz CT molecular complexity index is 778. The van der Waals surface area contributed by atoms with Crippen LogP contribution in [0, 0.1) is 0 Å². The van der Waals surface area contributed by atoms with Gasteiger partial charge in [0.05, 0.1) is 0 Å². The number of amides is 2. The van der Waals surface area contributed by atoms with E-state index in [4.69, 9.17) is 4.74 Å². The van der Waals surface area contributed by atoms with Gasteiger partial charge < -0.3 is 14.5 Å². The van der Waals surface area contributed by atoms with Crippen LogP contribution in [0.25, 0.3) is 0 Å². The highest BCUT2D eigenvalue weighted by Crippen LogP contribution is 2.54. The minimum atomic E-state index is -0.824. The molecule has 0 unspecified atom stereocenters.